The van der Waals surface area contributed by atoms with Gasteiger partial charge in [0.25, 0.3) is 0 Å². The van der Waals surface area contributed by atoms with Crippen LogP contribution in [0.3, 0.4) is 0 Å². The molecule has 0 amide bonds. The number of ether oxygens (including phenoxy) is 2. The molecule has 2 aromatic heterocycles. The molecule has 2 aromatic carbocycles. The van der Waals surface area contributed by atoms with Gasteiger partial charge < -0.3 is 24.1 Å². The number of nitrogens with zero attached hydrogens (tertiary/aromatic N) is 4. The maximum absolute atomic E-state index is 11.2. The predicted octanol–water partition coefficient (Wildman–Crippen LogP) is 3.19. The number of fused-ring (bicyclic) bond motifs is 2. The Bertz CT molecular complexity index is 1330. The van der Waals surface area contributed by atoms with Crippen molar-refractivity contribution in [3.8, 4) is 22.9 Å². The molecule has 1 atom stereocenters. The molecule has 0 unspecified atom stereocenters. The number of carboxylic acid groups (broad SMARTS) is 1. The van der Waals surface area contributed by atoms with Crippen LogP contribution < -0.4 is 9.47 Å². The van der Waals surface area contributed by atoms with E-state index < -0.39 is 5.97 Å². The van der Waals surface area contributed by atoms with E-state index in [1.54, 1.807) is 18.5 Å². The van der Waals surface area contributed by atoms with E-state index in [1.807, 2.05) is 30.3 Å². The minimum absolute atomic E-state index is 0.171. The lowest BCUT2D eigenvalue weighted by atomic mass is 10.0. The maximum atomic E-state index is 11.2. The number of H-pyrrole nitrogens is 1. The van der Waals surface area contributed by atoms with Crippen LogP contribution in [0, 0.1) is 0 Å². The summed E-state index contributed by atoms with van der Waals surface area (Å²) in [6.45, 7) is 1.42. The van der Waals surface area contributed by atoms with Crippen molar-refractivity contribution in [1.29, 1.82) is 0 Å². The molecule has 33 heavy (non-hydrogen) atoms. The van der Waals surface area contributed by atoms with Gasteiger partial charge in [0.15, 0.2) is 11.5 Å². The molecule has 0 bridgehead atoms. The molecular formula is C23H19N5O5. The summed E-state index contributed by atoms with van der Waals surface area (Å²) in [4.78, 5) is 25.7. The van der Waals surface area contributed by atoms with Crippen molar-refractivity contribution in [2.75, 3.05) is 6.79 Å². The van der Waals surface area contributed by atoms with Crippen molar-refractivity contribution in [3.05, 3.63) is 77.2 Å². The second kappa shape index (κ2) is 7.75. The highest BCUT2D eigenvalue weighted by Gasteiger charge is 2.33. The number of rotatable bonds is 5. The lowest BCUT2D eigenvalue weighted by Gasteiger charge is -2.32. The fourth-order valence-electron chi connectivity index (χ4n) is 4.21. The summed E-state index contributed by atoms with van der Waals surface area (Å²) in [5.74, 6) is 1.38. The van der Waals surface area contributed by atoms with Gasteiger partial charge in [-0.15, -0.1) is 0 Å². The highest BCUT2D eigenvalue weighted by Crippen LogP contribution is 2.37. The standard InChI is InChI=1S/C23H19N5O5/c29-23(30)14-3-1-13(2-4-14)9-28-10-17-16(24-11-25-17)8-18(28)22-26-21(27-33-22)15-5-6-19-20(7-15)32-12-31-19/h1-7,11,18H,8-10,12H2,(H,24,25)(H,29,30)/t18-/m0/s1. The van der Waals surface area contributed by atoms with Gasteiger partial charge in [-0.1, -0.05) is 17.3 Å². The number of benzene rings is 2. The zero-order valence-electron chi connectivity index (χ0n) is 17.4. The maximum Gasteiger partial charge on any atom is 0.335 e. The molecular weight excluding hydrogens is 426 g/mol. The fourth-order valence-corrected chi connectivity index (χ4v) is 4.21. The van der Waals surface area contributed by atoms with Crippen LogP contribution in [0.4, 0.5) is 0 Å². The number of aromatic nitrogens is 4. The summed E-state index contributed by atoms with van der Waals surface area (Å²) in [6, 6.07) is 12.3. The van der Waals surface area contributed by atoms with Gasteiger partial charge in [0.05, 0.1) is 29.3 Å². The molecule has 0 spiro atoms. The van der Waals surface area contributed by atoms with Gasteiger partial charge in [0.1, 0.15) is 0 Å². The quantitative estimate of drug-likeness (QED) is 0.476. The first kappa shape index (κ1) is 19.5. The zero-order chi connectivity index (χ0) is 22.4. The predicted molar refractivity (Wildman–Crippen MR) is 114 cm³/mol. The largest absolute Gasteiger partial charge is 0.478 e. The molecule has 2 aliphatic heterocycles. The summed E-state index contributed by atoms with van der Waals surface area (Å²) < 4.78 is 16.5. The average Bonchev–Trinajstić information content (AvgIpc) is 3.58. The average molecular weight is 445 g/mol. The number of carboxylic acids is 1. The van der Waals surface area contributed by atoms with Gasteiger partial charge in [-0.25, -0.2) is 9.78 Å². The molecule has 0 fully saturated rings. The summed E-state index contributed by atoms with van der Waals surface area (Å²) >= 11 is 0. The fraction of sp³-hybridized carbons (Fsp3) is 0.217. The molecule has 4 aromatic rings. The van der Waals surface area contributed by atoms with E-state index in [9.17, 15) is 4.79 Å². The summed E-state index contributed by atoms with van der Waals surface area (Å²) in [6.07, 6.45) is 2.31. The van der Waals surface area contributed by atoms with Gasteiger partial charge in [0, 0.05) is 25.1 Å². The van der Waals surface area contributed by atoms with E-state index in [1.165, 1.54) is 0 Å². The summed E-state index contributed by atoms with van der Waals surface area (Å²) in [5, 5.41) is 13.4. The molecule has 0 radical (unpaired) electrons. The Kier molecular flexibility index (Phi) is 4.58. The third-order valence-electron chi connectivity index (χ3n) is 5.94. The topological polar surface area (TPSA) is 127 Å². The Hall–Kier alpha value is -4.18. The van der Waals surface area contributed by atoms with Crippen LogP contribution >= 0.6 is 0 Å². The molecule has 166 valence electrons. The summed E-state index contributed by atoms with van der Waals surface area (Å²) in [7, 11) is 0. The monoisotopic (exact) mass is 445 g/mol. The van der Waals surface area contributed by atoms with E-state index in [0.717, 1.165) is 22.5 Å². The number of hydrogen-bond acceptors (Lipinski definition) is 8. The van der Waals surface area contributed by atoms with E-state index in [0.29, 0.717) is 42.7 Å². The van der Waals surface area contributed by atoms with Gasteiger partial charge >= 0.3 is 5.97 Å². The minimum Gasteiger partial charge on any atom is -0.478 e. The zero-order valence-corrected chi connectivity index (χ0v) is 17.4. The third-order valence-corrected chi connectivity index (χ3v) is 5.94. The smallest absolute Gasteiger partial charge is 0.335 e. The lowest BCUT2D eigenvalue weighted by molar-refractivity contribution is 0.0697. The van der Waals surface area contributed by atoms with Gasteiger partial charge in [-0.2, -0.15) is 4.98 Å². The molecule has 0 saturated carbocycles. The molecule has 6 rings (SSSR count). The van der Waals surface area contributed by atoms with Crippen molar-refractivity contribution in [2.45, 2.75) is 25.6 Å². The molecule has 0 aliphatic carbocycles. The van der Waals surface area contributed by atoms with Crippen molar-refractivity contribution in [2.24, 2.45) is 0 Å². The van der Waals surface area contributed by atoms with E-state index in [2.05, 4.69) is 25.0 Å². The van der Waals surface area contributed by atoms with Crippen LogP contribution in [-0.2, 0) is 19.5 Å². The normalized spacial score (nSPS) is 17.2. The Morgan fingerprint density at radius 1 is 1.15 bits per heavy atom. The lowest BCUT2D eigenvalue weighted by Crippen LogP contribution is -2.34. The molecule has 2 N–H and O–H groups in total. The van der Waals surface area contributed by atoms with Crippen LogP contribution in [0.1, 0.15) is 39.2 Å². The van der Waals surface area contributed by atoms with Crippen molar-refractivity contribution < 1.29 is 23.9 Å². The number of nitrogens with one attached hydrogen (secondary N) is 1. The summed E-state index contributed by atoms with van der Waals surface area (Å²) in [5.41, 5.74) is 4.05. The second-order valence-electron chi connectivity index (χ2n) is 7.98. The highest BCUT2D eigenvalue weighted by molar-refractivity contribution is 5.87. The van der Waals surface area contributed by atoms with Crippen LogP contribution in [0.2, 0.25) is 0 Å². The van der Waals surface area contributed by atoms with Crippen molar-refractivity contribution in [1.82, 2.24) is 25.0 Å². The Morgan fingerprint density at radius 3 is 2.85 bits per heavy atom. The first-order valence-corrected chi connectivity index (χ1v) is 10.4. The van der Waals surface area contributed by atoms with Gasteiger partial charge in [-0.3, -0.25) is 4.90 Å². The molecule has 2 aliphatic rings. The molecule has 10 heteroatoms. The van der Waals surface area contributed by atoms with Crippen molar-refractivity contribution >= 4 is 5.97 Å². The first-order valence-electron chi connectivity index (χ1n) is 10.4. The van der Waals surface area contributed by atoms with Crippen LogP contribution in [0.15, 0.2) is 53.3 Å². The van der Waals surface area contributed by atoms with Crippen LogP contribution in [0.25, 0.3) is 11.4 Å². The number of carbonyl (C=O) groups is 1. The highest BCUT2D eigenvalue weighted by atomic mass is 16.7. The Balaban J connectivity index is 1.29. The molecule has 0 saturated heterocycles. The third kappa shape index (κ3) is 3.60. The van der Waals surface area contributed by atoms with E-state index >= 15 is 0 Å². The Labute approximate surface area is 187 Å². The SMILES string of the molecule is O=C(O)c1ccc(CN2Cc3[nH]cnc3C[C@H]2c2nc(-c3ccc4c(c3)OCO4)no2)cc1. The number of aromatic amines is 1. The van der Waals surface area contributed by atoms with Crippen LogP contribution in [-0.4, -0.2) is 42.9 Å². The number of imidazole rings is 1. The Morgan fingerprint density at radius 2 is 2.00 bits per heavy atom. The van der Waals surface area contributed by atoms with Gasteiger partial charge in [-0.05, 0) is 35.9 Å². The number of aromatic carboxylic acids is 1. The van der Waals surface area contributed by atoms with Gasteiger partial charge in [0.2, 0.25) is 18.5 Å². The van der Waals surface area contributed by atoms with Crippen LogP contribution in [0.5, 0.6) is 11.5 Å². The van der Waals surface area contributed by atoms with E-state index in [4.69, 9.17) is 19.1 Å². The van der Waals surface area contributed by atoms with E-state index in [-0.39, 0.29) is 18.4 Å². The van der Waals surface area contributed by atoms with Crippen molar-refractivity contribution in [3.63, 3.8) is 0 Å². The first-order chi connectivity index (χ1) is 16.1. The number of hydrogen-bond donors (Lipinski definition) is 2. The molecule has 4 heterocycles. The molecule has 10 nitrogen and oxygen atoms in total. The second-order valence-corrected chi connectivity index (χ2v) is 7.98. The minimum atomic E-state index is -0.943.